The molecule has 1 aromatic carbocycles. The first-order valence-corrected chi connectivity index (χ1v) is 8.43. The lowest BCUT2D eigenvalue weighted by Crippen LogP contribution is -2.39. The molecule has 24 heavy (non-hydrogen) atoms. The number of imide groups is 1. The monoisotopic (exact) mass is 344 g/mol. The van der Waals surface area contributed by atoms with Gasteiger partial charge in [0.1, 0.15) is 6.54 Å². The molecule has 2 aliphatic carbocycles. The van der Waals surface area contributed by atoms with Gasteiger partial charge in [-0.05, 0) is 42.9 Å². The molecule has 1 N–H and O–H groups in total. The van der Waals surface area contributed by atoms with Crippen molar-refractivity contribution in [3.8, 4) is 0 Å². The number of fused-ring (bicyclic) bond motifs is 5. The number of rotatable bonds is 3. The number of likely N-dealkylation sites (tertiary alicyclic amines) is 1. The number of hydrogen-bond acceptors (Lipinski definition) is 3. The van der Waals surface area contributed by atoms with Crippen LogP contribution in [0.4, 0.5) is 5.69 Å². The summed E-state index contributed by atoms with van der Waals surface area (Å²) < 4.78 is 0. The number of allylic oxidation sites excluding steroid dienone is 2. The lowest BCUT2D eigenvalue weighted by molar-refractivity contribution is -0.143. The number of carbonyl (C=O) groups is 3. The maximum atomic E-state index is 12.6. The smallest absolute Gasteiger partial charge is 0.244 e. The van der Waals surface area contributed by atoms with E-state index in [4.69, 9.17) is 11.6 Å². The van der Waals surface area contributed by atoms with Crippen LogP contribution in [-0.2, 0) is 14.4 Å². The first-order chi connectivity index (χ1) is 11.5. The summed E-state index contributed by atoms with van der Waals surface area (Å²) in [6.45, 7) is 1.61. The summed E-state index contributed by atoms with van der Waals surface area (Å²) in [5, 5.41) is 3.25. The van der Waals surface area contributed by atoms with Gasteiger partial charge in [0.25, 0.3) is 0 Å². The molecule has 4 atom stereocenters. The average molecular weight is 345 g/mol. The SMILES string of the molecule is Cc1ccc(Cl)cc1NC(=O)CN1C(=O)[C@@H]2[C@H](C1=O)[C@@H]1C=C[C@H]2C1. The van der Waals surface area contributed by atoms with Gasteiger partial charge in [-0.15, -0.1) is 0 Å². The molecule has 124 valence electrons. The van der Waals surface area contributed by atoms with E-state index in [9.17, 15) is 14.4 Å². The molecule has 1 saturated carbocycles. The van der Waals surface area contributed by atoms with E-state index < -0.39 is 0 Å². The van der Waals surface area contributed by atoms with Crippen LogP contribution < -0.4 is 5.32 Å². The number of hydrogen-bond donors (Lipinski definition) is 1. The van der Waals surface area contributed by atoms with Crippen LogP contribution in [-0.4, -0.2) is 29.2 Å². The quantitative estimate of drug-likeness (QED) is 0.676. The molecule has 1 heterocycles. The molecule has 5 nitrogen and oxygen atoms in total. The van der Waals surface area contributed by atoms with Gasteiger partial charge in [0.2, 0.25) is 17.7 Å². The second-order valence-electron chi connectivity index (χ2n) is 6.77. The van der Waals surface area contributed by atoms with Crippen LogP contribution in [0.5, 0.6) is 0 Å². The Hall–Kier alpha value is -2.14. The molecule has 0 unspecified atom stereocenters. The third kappa shape index (κ3) is 2.26. The van der Waals surface area contributed by atoms with E-state index in [0.29, 0.717) is 10.7 Å². The normalized spacial score (nSPS) is 30.2. The number of halogens is 1. The van der Waals surface area contributed by atoms with Gasteiger partial charge in [-0.1, -0.05) is 29.8 Å². The molecule has 4 rings (SSSR count). The van der Waals surface area contributed by atoms with E-state index in [0.717, 1.165) is 16.9 Å². The third-order valence-corrected chi connectivity index (χ3v) is 5.57. The van der Waals surface area contributed by atoms with Crippen LogP contribution >= 0.6 is 11.6 Å². The van der Waals surface area contributed by atoms with Gasteiger partial charge < -0.3 is 5.32 Å². The molecular weight excluding hydrogens is 328 g/mol. The van der Waals surface area contributed by atoms with Crippen molar-refractivity contribution in [2.75, 3.05) is 11.9 Å². The number of anilines is 1. The number of aryl methyl sites for hydroxylation is 1. The lowest BCUT2D eigenvalue weighted by atomic mass is 9.85. The van der Waals surface area contributed by atoms with E-state index in [1.54, 1.807) is 18.2 Å². The minimum atomic E-state index is -0.387. The predicted octanol–water partition coefficient (Wildman–Crippen LogP) is 2.39. The van der Waals surface area contributed by atoms with Crippen molar-refractivity contribution < 1.29 is 14.4 Å². The molecule has 1 saturated heterocycles. The largest absolute Gasteiger partial charge is 0.324 e. The summed E-state index contributed by atoms with van der Waals surface area (Å²) in [4.78, 5) is 38.6. The predicted molar refractivity (Wildman–Crippen MR) is 89.3 cm³/mol. The van der Waals surface area contributed by atoms with Crippen molar-refractivity contribution >= 4 is 35.0 Å². The standard InChI is InChI=1S/C18H17ClN2O3/c1-9-2-5-12(19)7-13(9)20-14(22)8-21-17(23)15-10-3-4-11(6-10)16(15)18(21)24/h2-5,7,10-11,15-16H,6,8H2,1H3,(H,20,22)/t10-,11+,15-,16+. The first kappa shape index (κ1) is 15.4. The number of benzene rings is 1. The van der Waals surface area contributed by atoms with Gasteiger partial charge in [0.05, 0.1) is 11.8 Å². The number of nitrogens with one attached hydrogen (secondary N) is 1. The second kappa shape index (κ2) is 5.45. The fraction of sp³-hybridized carbons (Fsp3) is 0.389. The van der Waals surface area contributed by atoms with Gasteiger partial charge in [0.15, 0.2) is 0 Å². The lowest BCUT2D eigenvalue weighted by Gasteiger charge is -2.17. The Labute approximate surface area is 144 Å². The molecule has 1 aliphatic heterocycles. The van der Waals surface area contributed by atoms with Gasteiger partial charge >= 0.3 is 0 Å². The molecule has 3 amide bonds. The summed E-state index contributed by atoms with van der Waals surface area (Å²) in [6.07, 6.45) is 4.96. The van der Waals surface area contributed by atoms with Crippen LogP contribution in [0.3, 0.4) is 0 Å². The maximum Gasteiger partial charge on any atom is 0.244 e. The van der Waals surface area contributed by atoms with E-state index in [-0.39, 0.29) is 47.9 Å². The molecule has 0 radical (unpaired) electrons. The van der Waals surface area contributed by atoms with E-state index >= 15 is 0 Å². The molecule has 0 aromatic heterocycles. The van der Waals surface area contributed by atoms with Crippen molar-refractivity contribution in [3.63, 3.8) is 0 Å². The van der Waals surface area contributed by atoms with Gasteiger partial charge in [-0.2, -0.15) is 0 Å². The van der Waals surface area contributed by atoms with E-state index in [2.05, 4.69) is 5.32 Å². The molecule has 3 aliphatic rings. The third-order valence-electron chi connectivity index (χ3n) is 5.34. The molecule has 0 spiro atoms. The number of amides is 3. The highest BCUT2D eigenvalue weighted by Gasteiger charge is 2.59. The van der Waals surface area contributed by atoms with Gasteiger partial charge in [-0.25, -0.2) is 0 Å². The Balaban J connectivity index is 1.48. The molecular formula is C18H17ClN2O3. The van der Waals surface area contributed by atoms with Crippen LogP contribution in [0.15, 0.2) is 30.4 Å². The Morgan fingerprint density at radius 3 is 2.46 bits per heavy atom. The molecule has 2 fully saturated rings. The zero-order chi connectivity index (χ0) is 17.0. The van der Waals surface area contributed by atoms with Crippen molar-refractivity contribution in [1.29, 1.82) is 0 Å². The summed E-state index contributed by atoms with van der Waals surface area (Å²) >= 11 is 5.94. The Bertz CT molecular complexity index is 758. The van der Waals surface area contributed by atoms with Crippen molar-refractivity contribution in [3.05, 3.63) is 40.9 Å². The summed E-state index contributed by atoms with van der Waals surface area (Å²) in [5.74, 6) is -1.04. The fourth-order valence-electron chi connectivity index (χ4n) is 4.18. The molecule has 2 bridgehead atoms. The fourth-order valence-corrected chi connectivity index (χ4v) is 4.35. The van der Waals surface area contributed by atoms with E-state index in [1.807, 2.05) is 19.1 Å². The second-order valence-corrected chi connectivity index (χ2v) is 7.21. The molecule has 6 heteroatoms. The maximum absolute atomic E-state index is 12.6. The number of nitrogens with zero attached hydrogens (tertiary/aromatic N) is 1. The zero-order valence-corrected chi connectivity index (χ0v) is 13.9. The van der Waals surface area contributed by atoms with Gasteiger partial charge in [0, 0.05) is 10.7 Å². The Morgan fingerprint density at radius 2 is 1.83 bits per heavy atom. The highest BCUT2D eigenvalue weighted by atomic mass is 35.5. The first-order valence-electron chi connectivity index (χ1n) is 8.05. The van der Waals surface area contributed by atoms with E-state index in [1.165, 1.54) is 0 Å². The summed E-state index contributed by atoms with van der Waals surface area (Å²) in [5.41, 5.74) is 1.46. The average Bonchev–Trinajstić information content (AvgIpc) is 3.21. The summed E-state index contributed by atoms with van der Waals surface area (Å²) in [7, 11) is 0. The van der Waals surface area contributed by atoms with Gasteiger partial charge in [-0.3, -0.25) is 19.3 Å². The molecule has 1 aromatic rings. The number of carbonyl (C=O) groups excluding carboxylic acids is 3. The minimum absolute atomic E-state index is 0.152. The van der Waals surface area contributed by atoms with Crippen LogP contribution in [0.1, 0.15) is 12.0 Å². The zero-order valence-electron chi connectivity index (χ0n) is 13.2. The van der Waals surface area contributed by atoms with Crippen LogP contribution in [0, 0.1) is 30.6 Å². The Kier molecular flexibility index (Phi) is 3.49. The highest BCUT2D eigenvalue weighted by Crippen LogP contribution is 2.52. The Morgan fingerprint density at radius 1 is 1.21 bits per heavy atom. The minimum Gasteiger partial charge on any atom is -0.324 e. The summed E-state index contributed by atoms with van der Waals surface area (Å²) in [6, 6.07) is 5.20. The van der Waals surface area contributed by atoms with Crippen molar-refractivity contribution in [2.45, 2.75) is 13.3 Å². The topological polar surface area (TPSA) is 66.5 Å². The highest BCUT2D eigenvalue weighted by molar-refractivity contribution is 6.31. The van der Waals surface area contributed by atoms with Crippen LogP contribution in [0.2, 0.25) is 5.02 Å². The van der Waals surface area contributed by atoms with Crippen LogP contribution in [0.25, 0.3) is 0 Å². The van der Waals surface area contributed by atoms with Crippen molar-refractivity contribution in [1.82, 2.24) is 4.90 Å². The van der Waals surface area contributed by atoms with Crippen molar-refractivity contribution in [2.24, 2.45) is 23.7 Å².